The summed E-state index contributed by atoms with van der Waals surface area (Å²) in [6.45, 7) is 14.4. The van der Waals surface area contributed by atoms with Crippen molar-refractivity contribution in [2.45, 2.75) is 105 Å². The number of rotatable bonds is 16. The number of benzene rings is 3. The smallest absolute Gasteiger partial charge is 0.405 e. The van der Waals surface area contributed by atoms with Crippen LogP contribution in [0, 0.1) is 17.8 Å². The number of carbonyl (C=O) groups excluding carboxylic acids is 4. The van der Waals surface area contributed by atoms with Gasteiger partial charge in [0.05, 0.1) is 17.8 Å². The minimum Gasteiger partial charge on any atom is -0.436 e. The van der Waals surface area contributed by atoms with E-state index in [2.05, 4.69) is 15.6 Å². The van der Waals surface area contributed by atoms with Crippen molar-refractivity contribution in [1.29, 1.82) is 0 Å². The zero-order valence-electron chi connectivity index (χ0n) is 35.4. The monoisotopic (exact) mass is 804 g/mol. The number of aliphatic hydroxyl groups is 1. The van der Waals surface area contributed by atoms with Crippen LogP contribution in [0.15, 0.2) is 103 Å². The van der Waals surface area contributed by atoms with Gasteiger partial charge in [-0.2, -0.15) is 0 Å². The second kappa shape index (κ2) is 19.3. The van der Waals surface area contributed by atoms with Crippen LogP contribution in [0.25, 0.3) is 11.3 Å². The molecule has 12 heteroatoms. The molecule has 1 aliphatic heterocycles. The molecule has 12 nitrogen and oxygen atoms in total. The Bertz CT molecular complexity index is 2030. The van der Waals surface area contributed by atoms with Crippen molar-refractivity contribution in [2.75, 3.05) is 13.1 Å². The first-order valence-electron chi connectivity index (χ1n) is 20.3. The maximum absolute atomic E-state index is 14.6. The van der Waals surface area contributed by atoms with Crippen LogP contribution in [0.1, 0.15) is 70.2 Å². The predicted octanol–water partition coefficient (Wildman–Crippen LogP) is 6.43. The van der Waals surface area contributed by atoms with Crippen molar-refractivity contribution in [3.63, 3.8) is 0 Å². The number of urea groups is 1. The van der Waals surface area contributed by atoms with Crippen LogP contribution in [0.4, 0.5) is 9.59 Å². The highest BCUT2D eigenvalue weighted by molar-refractivity contribution is 5.89. The van der Waals surface area contributed by atoms with Gasteiger partial charge in [0.2, 0.25) is 5.91 Å². The van der Waals surface area contributed by atoms with Crippen LogP contribution in [0.2, 0.25) is 0 Å². The zero-order chi connectivity index (χ0) is 42.9. The number of amides is 5. The molecule has 0 unspecified atom stereocenters. The summed E-state index contributed by atoms with van der Waals surface area (Å²) < 4.78 is 5.30. The Morgan fingerprint density at radius 3 is 2.05 bits per heavy atom. The summed E-state index contributed by atoms with van der Waals surface area (Å²) in [6.07, 6.45) is -1.07. The quantitative estimate of drug-likeness (QED) is 0.101. The van der Waals surface area contributed by atoms with Gasteiger partial charge in [0, 0.05) is 42.9 Å². The summed E-state index contributed by atoms with van der Waals surface area (Å²) in [7, 11) is 0. The van der Waals surface area contributed by atoms with Crippen molar-refractivity contribution in [1.82, 2.24) is 25.4 Å². The summed E-state index contributed by atoms with van der Waals surface area (Å²) in [5.74, 6) is -0.935. The van der Waals surface area contributed by atoms with Gasteiger partial charge in [0.15, 0.2) is 6.10 Å². The number of pyridine rings is 1. The molecule has 2 heterocycles. The number of primary amides is 1. The van der Waals surface area contributed by atoms with Crippen molar-refractivity contribution in [2.24, 2.45) is 16.6 Å². The van der Waals surface area contributed by atoms with Gasteiger partial charge in [0.1, 0.15) is 6.04 Å². The molecule has 59 heavy (non-hydrogen) atoms. The summed E-state index contributed by atoms with van der Waals surface area (Å²) >= 11 is 0. The van der Waals surface area contributed by atoms with Gasteiger partial charge >= 0.3 is 12.1 Å². The van der Waals surface area contributed by atoms with Crippen molar-refractivity contribution in [3.8, 4) is 11.3 Å². The van der Waals surface area contributed by atoms with Gasteiger partial charge in [0.25, 0.3) is 5.91 Å². The number of aliphatic hydroxyl groups excluding tert-OH is 1. The Labute approximate surface area is 348 Å². The maximum atomic E-state index is 14.6. The number of hydrogen-bond acceptors (Lipinski definition) is 7. The minimum atomic E-state index is -1.21. The second-order valence-electron chi connectivity index (χ2n) is 17.7. The number of ether oxygens (including phenoxy) is 1. The van der Waals surface area contributed by atoms with Crippen molar-refractivity contribution in [3.05, 3.63) is 126 Å². The number of carbonyl (C=O) groups is 4. The van der Waals surface area contributed by atoms with E-state index in [0.717, 1.165) is 33.5 Å². The van der Waals surface area contributed by atoms with Gasteiger partial charge in [-0.25, -0.2) is 9.59 Å². The molecule has 3 aromatic carbocycles. The highest BCUT2D eigenvalue weighted by Gasteiger charge is 2.44. The number of hydrogen-bond donors (Lipinski definition) is 4. The molecule has 1 fully saturated rings. The fourth-order valence-electron chi connectivity index (χ4n) is 7.69. The molecule has 314 valence electrons. The van der Waals surface area contributed by atoms with Gasteiger partial charge in [-0.05, 0) is 66.0 Å². The lowest BCUT2D eigenvalue weighted by Gasteiger charge is -2.38. The Kier molecular flexibility index (Phi) is 14.5. The molecule has 5 amide bonds. The van der Waals surface area contributed by atoms with Gasteiger partial charge in [-0.15, -0.1) is 0 Å². The van der Waals surface area contributed by atoms with Crippen LogP contribution in [0.3, 0.4) is 0 Å². The molecule has 1 aromatic heterocycles. The first-order valence-corrected chi connectivity index (χ1v) is 20.3. The highest BCUT2D eigenvalue weighted by Crippen LogP contribution is 2.30. The molecule has 0 bridgehead atoms. The molecule has 5 rings (SSSR count). The third-order valence-corrected chi connectivity index (χ3v) is 10.7. The lowest BCUT2D eigenvalue weighted by molar-refractivity contribution is -0.136. The molecule has 5 N–H and O–H groups in total. The van der Waals surface area contributed by atoms with E-state index in [-0.39, 0.29) is 24.8 Å². The molecule has 4 aromatic rings. The Hall–Kier alpha value is -5.75. The van der Waals surface area contributed by atoms with Crippen LogP contribution < -0.4 is 16.4 Å². The van der Waals surface area contributed by atoms with Crippen molar-refractivity contribution >= 4 is 23.9 Å². The number of aromatic nitrogens is 1. The fraction of sp³-hybridized carbons (Fsp3) is 0.426. The van der Waals surface area contributed by atoms with E-state index in [1.54, 1.807) is 36.8 Å². The van der Waals surface area contributed by atoms with E-state index in [4.69, 9.17) is 10.5 Å². The van der Waals surface area contributed by atoms with E-state index < -0.39 is 53.2 Å². The van der Waals surface area contributed by atoms with Gasteiger partial charge < -0.3 is 36.0 Å². The first kappa shape index (κ1) is 44.4. The Balaban J connectivity index is 1.41. The summed E-state index contributed by atoms with van der Waals surface area (Å²) in [6, 6.07) is 28.5. The van der Waals surface area contributed by atoms with E-state index in [1.165, 1.54) is 0 Å². The van der Waals surface area contributed by atoms with Gasteiger partial charge in [-0.1, -0.05) is 126 Å². The summed E-state index contributed by atoms with van der Waals surface area (Å²) in [4.78, 5) is 62.2. The average molecular weight is 805 g/mol. The number of nitrogens with two attached hydrogens (primary N) is 1. The zero-order valence-corrected chi connectivity index (χ0v) is 35.4. The number of aryl methyl sites for hydroxylation is 1. The molecular weight excluding hydrogens is 745 g/mol. The first-order chi connectivity index (χ1) is 27.9. The minimum absolute atomic E-state index is 0.0337. The van der Waals surface area contributed by atoms with E-state index in [1.807, 2.05) is 125 Å². The third kappa shape index (κ3) is 12.1. The largest absolute Gasteiger partial charge is 0.436 e. The Morgan fingerprint density at radius 1 is 0.797 bits per heavy atom. The van der Waals surface area contributed by atoms with Crippen molar-refractivity contribution < 1.29 is 29.0 Å². The predicted molar refractivity (Wildman–Crippen MR) is 229 cm³/mol. The number of nitrogens with one attached hydrogen (secondary N) is 2. The van der Waals surface area contributed by atoms with Crippen LogP contribution in [-0.4, -0.2) is 87.3 Å². The van der Waals surface area contributed by atoms with E-state index in [0.29, 0.717) is 26.1 Å². The summed E-state index contributed by atoms with van der Waals surface area (Å²) in [5.41, 5.74) is 9.59. The second-order valence-corrected chi connectivity index (χ2v) is 17.7. The van der Waals surface area contributed by atoms with Crippen LogP contribution in [-0.2, 0) is 33.7 Å². The highest BCUT2D eigenvalue weighted by atomic mass is 16.6. The standard InChI is InChI=1S/C47H60N6O6/c1-31-15-11-12-18-35(31)30-52-25-26-53(45(52)58)40(46(2,3)4)42(55)51-38(28-32-16-9-8-10-17-32)39(54)29-36(50-43(56)41(47(5,6)7)59-44(48)57)27-33-20-22-34(23-21-33)37-19-13-14-24-49-37/h8-24,36,38-41,54H,25-30H2,1-7H3,(H2,48,57)(H,50,56)(H,51,55)/t36-,38-,39-,40+,41+/m0/s1. The number of nitrogens with zero attached hydrogens (tertiary/aromatic N) is 3. The van der Waals surface area contributed by atoms with Crippen LogP contribution in [0.5, 0.6) is 0 Å². The lowest BCUT2D eigenvalue weighted by atomic mass is 9.84. The fourth-order valence-corrected chi connectivity index (χ4v) is 7.69. The molecule has 0 spiro atoms. The maximum Gasteiger partial charge on any atom is 0.405 e. The van der Waals surface area contributed by atoms with E-state index in [9.17, 15) is 24.3 Å². The molecule has 5 atom stereocenters. The normalized spacial score (nSPS) is 15.8. The summed E-state index contributed by atoms with van der Waals surface area (Å²) in [5, 5.41) is 18.4. The molecule has 0 saturated carbocycles. The van der Waals surface area contributed by atoms with Gasteiger partial charge in [-0.3, -0.25) is 14.6 Å². The lowest BCUT2D eigenvalue weighted by Crippen LogP contribution is -2.59. The third-order valence-electron chi connectivity index (χ3n) is 10.7. The van der Waals surface area contributed by atoms with E-state index >= 15 is 0 Å². The molecule has 0 radical (unpaired) electrons. The average Bonchev–Trinajstić information content (AvgIpc) is 3.52. The Morgan fingerprint density at radius 2 is 1.44 bits per heavy atom. The molecular formula is C47H60N6O6. The molecule has 0 aliphatic carbocycles. The molecule has 1 saturated heterocycles. The SMILES string of the molecule is Cc1ccccc1CN1CCN([C@H](C(=O)N[C@@H](Cc2ccccc2)[C@@H](O)C[C@H](Cc2ccc(-c3ccccn3)cc2)NC(=O)[C@@H](OC(N)=O)C(C)(C)C)C(C)(C)C)C1=O. The topological polar surface area (TPSA) is 167 Å². The van der Waals surface area contributed by atoms with Crippen LogP contribution >= 0.6 is 0 Å². The molecule has 1 aliphatic rings.